The van der Waals surface area contributed by atoms with Crippen molar-refractivity contribution < 1.29 is 19.4 Å². The molecule has 0 bridgehead atoms. The van der Waals surface area contributed by atoms with Crippen LogP contribution in [0.5, 0.6) is 0 Å². The Balaban J connectivity index is 2.79. The van der Waals surface area contributed by atoms with Crippen LogP contribution in [-0.2, 0) is 14.3 Å². The molecule has 1 unspecified atom stereocenters. The summed E-state index contributed by atoms with van der Waals surface area (Å²) in [5.41, 5.74) is -0.479. The zero-order valence-corrected chi connectivity index (χ0v) is 11.3. The second kappa shape index (κ2) is 4.92. The van der Waals surface area contributed by atoms with E-state index in [1.54, 1.807) is 11.8 Å². The highest BCUT2D eigenvalue weighted by Crippen LogP contribution is 2.29. The van der Waals surface area contributed by atoms with Crippen LogP contribution in [0.4, 0.5) is 0 Å². The van der Waals surface area contributed by atoms with E-state index in [4.69, 9.17) is 9.47 Å². The van der Waals surface area contributed by atoms with Gasteiger partial charge in [0, 0.05) is 13.5 Å². The number of likely N-dealkylation sites (tertiary alicyclic amines) is 1. The monoisotopic (exact) mass is 245 g/mol. The van der Waals surface area contributed by atoms with Crippen LogP contribution >= 0.6 is 0 Å². The van der Waals surface area contributed by atoms with Gasteiger partial charge in [0.05, 0.1) is 12.7 Å². The molecule has 1 saturated heterocycles. The first kappa shape index (κ1) is 14.4. The molecule has 17 heavy (non-hydrogen) atoms. The van der Waals surface area contributed by atoms with Crippen LogP contribution in [0.1, 0.15) is 40.5 Å². The van der Waals surface area contributed by atoms with E-state index in [-0.39, 0.29) is 5.97 Å². The van der Waals surface area contributed by atoms with Gasteiger partial charge in [-0.1, -0.05) is 0 Å². The Labute approximate surface area is 103 Å². The molecule has 0 radical (unpaired) electrons. The van der Waals surface area contributed by atoms with E-state index >= 15 is 0 Å². The summed E-state index contributed by atoms with van der Waals surface area (Å²) in [7, 11) is 1.36. The van der Waals surface area contributed by atoms with Gasteiger partial charge in [-0.3, -0.25) is 4.79 Å². The Bertz CT molecular complexity index is 283. The Morgan fingerprint density at radius 2 is 1.94 bits per heavy atom. The van der Waals surface area contributed by atoms with Crippen LogP contribution in [0.3, 0.4) is 0 Å². The van der Waals surface area contributed by atoms with Crippen molar-refractivity contribution in [3.05, 3.63) is 0 Å². The summed E-state index contributed by atoms with van der Waals surface area (Å²) in [6, 6.07) is -0.419. The molecule has 1 aliphatic heterocycles. The average molecular weight is 245 g/mol. The van der Waals surface area contributed by atoms with E-state index in [1.807, 2.05) is 20.8 Å². The first-order valence-corrected chi connectivity index (χ1v) is 5.94. The van der Waals surface area contributed by atoms with Crippen LogP contribution < -0.4 is 0 Å². The van der Waals surface area contributed by atoms with Crippen LogP contribution in [0.25, 0.3) is 0 Å². The highest BCUT2D eigenvalue weighted by Gasteiger charge is 2.44. The van der Waals surface area contributed by atoms with E-state index in [1.165, 1.54) is 7.11 Å². The van der Waals surface area contributed by atoms with Gasteiger partial charge in [0.25, 0.3) is 0 Å². The predicted molar refractivity (Wildman–Crippen MR) is 63.2 cm³/mol. The molecule has 100 valence electrons. The number of carbonyl (C=O) groups is 1. The number of methoxy groups -OCH3 is 1. The SMILES string of the molecule is COC(=O)[C@@H]1CCCN1C(C)(O)OC(C)(C)C. The van der Waals surface area contributed by atoms with Crippen molar-refractivity contribution in [2.24, 2.45) is 0 Å². The molecule has 0 aromatic carbocycles. The summed E-state index contributed by atoms with van der Waals surface area (Å²) in [5.74, 6) is -1.77. The molecule has 0 spiro atoms. The Morgan fingerprint density at radius 1 is 1.35 bits per heavy atom. The molecule has 1 fully saturated rings. The number of carbonyl (C=O) groups excluding carboxylic acids is 1. The summed E-state index contributed by atoms with van der Waals surface area (Å²) in [6.45, 7) is 7.79. The number of esters is 1. The zero-order chi connectivity index (χ0) is 13.3. The van der Waals surface area contributed by atoms with Gasteiger partial charge in [-0.25, -0.2) is 4.90 Å². The predicted octanol–water partition coefficient (Wildman–Crippen LogP) is 1.10. The molecule has 0 aliphatic carbocycles. The summed E-state index contributed by atoms with van der Waals surface area (Å²) in [6.07, 6.45) is 1.54. The standard InChI is InChI=1S/C12H23NO4/c1-11(2,3)17-12(4,15)13-8-6-7-9(13)10(14)16-5/h9,15H,6-8H2,1-5H3/t9-,12?/m0/s1. The number of aliphatic hydroxyl groups is 1. The number of nitrogens with zero attached hydrogens (tertiary/aromatic N) is 1. The van der Waals surface area contributed by atoms with Gasteiger partial charge in [-0.15, -0.1) is 0 Å². The Hall–Kier alpha value is -0.650. The first-order valence-electron chi connectivity index (χ1n) is 5.94. The lowest BCUT2D eigenvalue weighted by molar-refractivity contribution is -0.319. The maximum Gasteiger partial charge on any atom is 0.323 e. The first-order chi connectivity index (χ1) is 7.67. The number of hydrogen-bond acceptors (Lipinski definition) is 5. The Morgan fingerprint density at radius 3 is 2.41 bits per heavy atom. The summed E-state index contributed by atoms with van der Waals surface area (Å²) < 4.78 is 10.4. The van der Waals surface area contributed by atoms with Crippen LogP contribution in [0, 0.1) is 0 Å². The van der Waals surface area contributed by atoms with E-state index in [9.17, 15) is 9.90 Å². The van der Waals surface area contributed by atoms with Crippen LogP contribution in [0.15, 0.2) is 0 Å². The van der Waals surface area contributed by atoms with Crippen molar-refractivity contribution in [1.29, 1.82) is 0 Å². The van der Waals surface area contributed by atoms with Crippen molar-refractivity contribution >= 4 is 5.97 Å². The molecule has 0 saturated carbocycles. The second-order valence-electron chi connectivity index (χ2n) is 5.52. The third-order valence-electron chi connectivity index (χ3n) is 2.76. The highest BCUT2D eigenvalue weighted by atomic mass is 16.7. The van der Waals surface area contributed by atoms with Gasteiger partial charge >= 0.3 is 5.97 Å². The number of hydrogen-bond donors (Lipinski definition) is 1. The second-order valence-corrected chi connectivity index (χ2v) is 5.52. The molecular formula is C12H23NO4. The highest BCUT2D eigenvalue weighted by molar-refractivity contribution is 5.76. The van der Waals surface area contributed by atoms with Gasteiger partial charge in [0.2, 0.25) is 5.91 Å². The van der Waals surface area contributed by atoms with Crippen molar-refractivity contribution in [2.45, 2.75) is 58.1 Å². The fourth-order valence-electron chi connectivity index (χ4n) is 2.28. The minimum atomic E-state index is -1.45. The molecule has 0 aromatic rings. The van der Waals surface area contributed by atoms with Crippen molar-refractivity contribution in [1.82, 2.24) is 4.90 Å². The van der Waals surface area contributed by atoms with Gasteiger partial charge in [-0.2, -0.15) is 0 Å². The lowest BCUT2D eigenvalue weighted by Crippen LogP contribution is -2.55. The quantitative estimate of drug-likeness (QED) is 0.596. The van der Waals surface area contributed by atoms with E-state index < -0.39 is 17.6 Å². The summed E-state index contributed by atoms with van der Waals surface area (Å²) >= 11 is 0. The molecule has 1 heterocycles. The topological polar surface area (TPSA) is 59.0 Å². The molecule has 5 nitrogen and oxygen atoms in total. The van der Waals surface area contributed by atoms with Gasteiger partial charge in [-0.05, 0) is 33.6 Å². The largest absolute Gasteiger partial charge is 0.468 e. The molecule has 0 amide bonds. The molecular weight excluding hydrogens is 222 g/mol. The lowest BCUT2D eigenvalue weighted by atomic mass is 10.2. The van der Waals surface area contributed by atoms with E-state index in [0.717, 1.165) is 6.42 Å². The lowest BCUT2D eigenvalue weighted by Gasteiger charge is -2.40. The molecule has 1 rings (SSSR count). The van der Waals surface area contributed by atoms with E-state index in [0.29, 0.717) is 13.0 Å². The van der Waals surface area contributed by atoms with Crippen LogP contribution in [0.2, 0.25) is 0 Å². The molecule has 1 N–H and O–H groups in total. The third-order valence-corrected chi connectivity index (χ3v) is 2.76. The van der Waals surface area contributed by atoms with Crippen molar-refractivity contribution in [2.75, 3.05) is 13.7 Å². The van der Waals surface area contributed by atoms with Crippen molar-refractivity contribution in [3.8, 4) is 0 Å². The minimum Gasteiger partial charge on any atom is -0.468 e. The fourth-order valence-corrected chi connectivity index (χ4v) is 2.28. The normalized spacial score (nSPS) is 25.6. The third kappa shape index (κ3) is 3.66. The zero-order valence-electron chi connectivity index (χ0n) is 11.3. The van der Waals surface area contributed by atoms with Crippen molar-refractivity contribution in [3.63, 3.8) is 0 Å². The average Bonchev–Trinajstić information content (AvgIpc) is 2.61. The molecule has 0 aromatic heterocycles. The summed E-state index contributed by atoms with van der Waals surface area (Å²) in [5, 5.41) is 10.4. The maximum atomic E-state index is 11.6. The molecule has 2 atom stereocenters. The van der Waals surface area contributed by atoms with E-state index in [2.05, 4.69) is 0 Å². The number of rotatable bonds is 3. The molecule has 5 heteroatoms. The number of ether oxygens (including phenoxy) is 2. The maximum absolute atomic E-state index is 11.6. The van der Waals surface area contributed by atoms with Gasteiger partial charge < -0.3 is 14.6 Å². The van der Waals surface area contributed by atoms with Gasteiger partial charge in [0.1, 0.15) is 6.04 Å². The molecule has 1 aliphatic rings. The minimum absolute atomic E-state index is 0.319. The Kier molecular flexibility index (Phi) is 4.17. The van der Waals surface area contributed by atoms with Crippen LogP contribution in [-0.4, -0.2) is 47.2 Å². The summed E-state index contributed by atoms with van der Waals surface area (Å²) in [4.78, 5) is 13.3. The smallest absolute Gasteiger partial charge is 0.323 e. The fraction of sp³-hybridized carbons (Fsp3) is 0.917. The van der Waals surface area contributed by atoms with Gasteiger partial charge in [0.15, 0.2) is 0 Å².